The van der Waals surface area contributed by atoms with E-state index >= 15 is 0 Å². The van der Waals surface area contributed by atoms with Crippen molar-refractivity contribution in [1.29, 1.82) is 0 Å². The highest BCUT2D eigenvalue weighted by Gasteiger charge is 2.64. The van der Waals surface area contributed by atoms with Gasteiger partial charge in [0.05, 0.1) is 17.8 Å². The van der Waals surface area contributed by atoms with Gasteiger partial charge in [0, 0.05) is 12.8 Å². The van der Waals surface area contributed by atoms with Gasteiger partial charge in [0.2, 0.25) is 0 Å². The molecule has 3 nitrogen and oxygen atoms in total. The third-order valence-corrected chi connectivity index (χ3v) is 3.80. The van der Waals surface area contributed by atoms with Gasteiger partial charge in [-0.25, -0.2) is 0 Å². The third kappa shape index (κ3) is 1.22. The Kier molecular flexibility index (Phi) is 1.79. The Hall–Kier alpha value is -0.120. The first kappa shape index (κ1) is 9.44. The lowest BCUT2D eigenvalue weighted by Gasteiger charge is -2.38. The Labute approximate surface area is 78.7 Å². The first-order chi connectivity index (χ1) is 5.88. The molecule has 4 atom stereocenters. The molecule has 2 rings (SSSR count). The summed E-state index contributed by atoms with van der Waals surface area (Å²) in [5.41, 5.74) is -1.10. The number of aliphatic hydroxyl groups excluding tert-OH is 1. The quantitative estimate of drug-likeness (QED) is 0.592. The topological polar surface area (TPSA) is 53.0 Å². The molecule has 0 spiro atoms. The maximum atomic E-state index is 10.2. The molecule has 1 aliphatic carbocycles. The normalized spacial score (nSPS) is 54.9. The number of hydrogen-bond acceptors (Lipinski definition) is 3. The number of rotatable bonds is 1. The molecule has 0 aromatic rings. The molecular formula is C10H18O3. The second kappa shape index (κ2) is 2.47. The van der Waals surface area contributed by atoms with Crippen molar-refractivity contribution in [2.24, 2.45) is 5.92 Å². The minimum Gasteiger partial charge on any atom is -0.390 e. The first-order valence-corrected chi connectivity index (χ1v) is 4.97. The van der Waals surface area contributed by atoms with Gasteiger partial charge in [0.25, 0.3) is 0 Å². The van der Waals surface area contributed by atoms with Gasteiger partial charge in [0.15, 0.2) is 0 Å². The SMILES string of the molecule is CC(C)C1(O)CC(O)C2(C)OC2C1. The molecule has 1 saturated heterocycles. The average Bonchev–Trinajstić information content (AvgIpc) is 2.62. The molecule has 0 amide bonds. The van der Waals surface area contributed by atoms with Gasteiger partial charge < -0.3 is 14.9 Å². The summed E-state index contributed by atoms with van der Waals surface area (Å²) in [5.74, 6) is 0.177. The molecule has 0 aromatic heterocycles. The average molecular weight is 186 g/mol. The summed E-state index contributed by atoms with van der Waals surface area (Å²) in [6.45, 7) is 5.89. The van der Waals surface area contributed by atoms with Gasteiger partial charge in [-0.1, -0.05) is 13.8 Å². The molecule has 13 heavy (non-hydrogen) atoms. The molecule has 1 saturated carbocycles. The molecule has 0 bridgehead atoms. The van der Waals surface area contributed by atoms with Gasteiger partial charge in [-0.3, -0.25) is 0 Å². The van der Waals surface area contributed by atoms with Crippen LogP contribution in [0.25, 0.3) is 0 Å². The fraction of sp³-hybridized carbons (Fsp3) is 1.00. The van der Waals surface area contributed by atoms with Crippen molar-refractivity contribution < 1.29 is 14.9 Å². The Bertz CT molecular complexity index is 228. The molecule has 2 fully saturated rings. The predicted molar refractivity (Wildman–Crippen MR) is 48.3 cm³/mol. The number of hydrogen-bond donors (Lipinski definition) is 2. The number of fused-ring (bicyclic) bond motifs is 1. The molecule has 2 aliphatic rings. The summed E-state index contributed by atoms with van der Waals surface area (Å²) in [6.07, 6.45) is 0.651. The van der Waals surface area contributed by atoms with Gasteiger partial charge in [-0.05, 0) is 12.8 Å². The summed E-state index contributed by atoms with van der Waals surface area (Å²) in [7, 11) is 0. The van der Waals surface area contributed by atoms with Crippen molar-refractivity contribution in [2.45, 2.75) is 57.0 Å². The Balaban J connectivity index is 2.13. The van der Waals surface area contributed by atoms with E-state index in [1.807, 2.05) is 20.8 Å². The minimum absolute atomic E-state index is 0.0589. The van der Waals surface area contributed by atoms with E-state index in [1.54, 1.807) is 0 Å². The summed E-state index contributed by atoms with van der Waals surface area (Å²) in [6, 6.07) is 0. The summed E-state index contributed by atoms with van der Waals surface area (Å²) in [4.78, 5) is 0. The van der Waals surface area contributed by atoms with Crippen LogP contribution in [0.5, 0.6) is 0 Å². The van der Waals surface area contributed by atoms with Crippen LogP contribution in [0.15, 0.2) is 0 Å². The monoisotopic (exact) mass is 186 g/mol. The van der Waals surface area contributed by atoms with Gasteiger partial charge >= 0.3 is 0 Å². The van der Waals surface area contributed by atoms with Crippen LogP contribution in [0.4, 0.5) is 0 Å². The fourth-order valence-electron chi connectivity index (χ4n) is 2.22. The standard InChI is InChI=1S/C10H18O3/c1-6(2)10(12)4-7(11)9(3)8(5-10)13-9/h6-8,11-12H,4-5H2,1-3H3. The summed E-state index contributed by atoms with van der Waals surface area (Å²) in [5, 5.41) is 20.0. The van der Waals surface area contributed by atoms with E-state index in [0.717, 1.165) is 0 Å². The lowest BCUT2D eigenvalue weighted by Crippen LogP contribution is -2.49. The van der Waals surface area contributed by atoms with Crippen molar-refractivity contribution in [2.75, 3.05) is 0 Å². The predicted octanol–water partition coefficient (Wildman–Crippen LogP) is 0.686. The van der Waals surface area contributed by atoms with E-state index in [4.69, 9.17) is 4.74 Å². The van der Waals surface area contributed by atoms with Crippen LogP contribution in [0.2, 0.25) is 0 Å². The first-order valence-electron chi connectivity index (χ1n) is 4.97. The van der Waals surface area contributed by atoms with Gasteiger partial charge in [0.1, 0.15) is 5.60 Å². The van der Waals surface area contributed by atoms with Crippen molar-refractivity contribution in [1.82, 2.24) is 0 Å². The van der Waals surface area contributed by atoms with Crippen LogP contribution in [0, 0.1) is 5.92 Å². The highest BCUT2D eigenvalue weighted by atomic mass is 16.6. The van der Waals surface area contributed by atoms with Crippen LogP contribution >= 0.6 is 0 Å². The van der Waals surface area contributed by atoms with Crippen molar-refractivity contribution in [3.8, 4) is 0 Å². The Morgan fingerprint density at radius 3 is 2.46 bits per heavy atom. The van der Waals surface area contributed by atoms with E-state index in [9.17, 15) is 10.2 Å². The number of epoxide rings is 1. The molecule has 1 heterocycles. The van der Waals surface area contributed by atoms with E-state index in [0.29, 0.717) is 12.8 Å². The van der Waals surface area contributed by atoms with E-state index < -0.39 is 11.7 Å². The van der Waals surface area contributed by atoms with Crippen LogP contribution in [-0.2, 0) is 4.74 Å². The fourth-order valence-corrected chi connectivity index (χ4v) is 2.22. The molecule has 4 unspecified atom stereocenters. The number of aliphatic hydroxyl groups is 2. The maximum absolute atomic E-state index is 10.2. The molecule has 3 heteroatoms. The highest BCUT2D eigenvalue weighted by molar-refractivity contribution is 5.13. The van der Waals surface area contributed by atoms with Crippen molar-refractivity contribution in [3.05, 3.63) is 0 Å². The van der Waals surface area contributed by atoms with E-state index in [1.165, 1.54) is 0 Å². The lowest BCUT2D eigenvalue weighted by atomic mass is 9.72. The second-order valence-electron chi connectivity index (χ2n) is 4.97. The zero-order valence-electron chi connectivity index (χ0n) is 8.45. The zero-order chi connectivity index (χ0) is 9.85. The molecular weight excluding hydrogens is 168 g/mol. The Morgan fingerprint density at radius 2 is 2.00 bits per heavy atom. The van der Waals surface area contributed by atoms with E-state index in [2.05, 4.69) is 0 Å². The van der Waals surface area contributed by atoms with Gasteiger partial charge in [-0.2, -0.15) is 0 Å². The minimum atomic E-state index is -0.736. The van der Waals surface area contributed by atoms with Crippen LogP contribution in [-0.4, -0.2) is 33.6 Å². The summed E-state index contributed by atoms with van der Waals surface area (Å²) >= 11 is 0. The van der Waals surface area contributed by atoms with E-state index in [-0.39, 0.29) is 17.6 Å². The number of ether oxygens (including phenoxy) is 1. The molecule has 0 aromatic carbocycles. The largest absolute Gasteiger partial charge is 0.390 e. The third-order valence-electron chi connectivity index (χ3n) is 3.80. The van der Waals surface area contributed by atoms with Crippen LogP contribution in [0.1, 0.15) is 33.6 Å². The second-order valence-corrected chi connectivity index (χ2v) is 4.97. The van der Waals surface area contributed by atoms with Crippen LogP contribution < -0.4 is 0 Å². The smallest absolute Gasteiger partial charge is 0.118 e. The zero-order valence-corrected chi connectivity index (χ0v) is 8.45. The maximum Gasteiger partial charge on any atom is 0.118 e. The molecule has 1 aliphatic heterocycles. The van der Waals surface area contributed by atoms with Crippen LogP contribution in [0.3, 0.4) is 0 Å². The molecule has 76 valence electrons. The molecule has 0 radical (unpaired) electrons. The van der Waals surface area contributed by atoms with Crippen molar-refractivity contribution >= 4 is 0 Å². The summed E-state index contributed by atoms with van der Waals surface area (Å²) < 4.78 is 5.41. The Morgan fingerprint density at radius 1 is 1.38 bits per heavy atom. The lowest BCUT2D eigenvalue weighted by molar-refractivity contribution is -0.0765. The molecule has 2 N–H and O–H groups in total. The highest BCUT2D eigenvalue weighted by Crippen LogP contribution is 2.52. The van der Waals surface area contributed by atoms with Gasteiger partial charge in [-0.15, -0.1) is 0 Å². The van der Waals surface area contributed by atoms with Crippen molar-refractivity contribution in [3.63, 3.8) is 0 Å².